The topological polar surface area (TPSA) is 52.7 Å². The molecule has 2 atom stereocenters. The molecule has 106 valence electrons. The average molecular weight is 275 g/mol. The maximum atomic E-state index is 12.7. The molecule has 2 saturated heterocycles. The molecule has 18 heavy (non-hydrogen) atoms. The van der Waals surface area contributed by atoms with Crippen molar-refractivity contribution < 1.29 is 8.42 Å². The van der Waals surface area contributed by atoms with Gasteiger partial charge in [0.2, 0.25) is 0 Å². The van der Waals surface area contributed by atoms with Crippen molar-refractivity contribution in [2.75, 3.05) is 26.2 Å². The van der Waals surface area contributed by atoms with Crippen LogP contribution in [0.5, 0.6) is 0 Å². The minimum Gasteiger partial charge on any atom is -0.315 e. The highest BCUT2D eigenvalue weighted by molar-refractivity contribution is 7.86. The first-order valence-corrected chi connectivity index (χ1v) is 8.46. The molecular weight excluding hydrogens is 250 g/mol. The van der Waals surface area contributed by atoms with Crippen LogP contribution < -0.4 is 5.32 Å². The Hall–Kier alpha value is -0.170. The molecule has 0 bridgehead atoms. The molecule has 2 aliphatic rings. The monoisotopic (exact) mass is 275 g/mol. The highest BCUT2D eigenvalue weighted by atomic mass is 32.2. The highest BCUT2D eigenvalue weighted by Crippen LogP contribution is 2.30. The van der Waals surface area contributed by atoms with Gasteiger partial charge >= 0.3 is 0 Å². The van der Waals surface area contributed by atoms with Crippen molar-refractivity contribution in [3.63, 3.8) is 0 Å². The summed E-state index contributed by atoms with van der Waals surface area (Å²) in [5, 5.41) is 3.25. The van der Waals surface area contributed by atoms with Crippen LogP contribution >= 0.6 is 0 Å². The van der Waals surface area contributed by atoms with Crippen LogP contribution in [-0.2, 0) is 10.2 Å². The van der Waals surface area contributed by atoms with Crippen LogP contribution in [0.2, 0.25) is 0 Å². The Morgan fingerprint density at radius 3 is 2.72 bits per heavy atom. The van der Waals surface area contributed by atoms with E-state index < -0.39 is 10.2 Å². The molecule has 0 aromatic heterocycles. The predicted octanol–water partition coefficient (Wildman–Crippen LogP) is 0.789. The second-order valence-electron chi connectivity index (χ2n) is 5.33. The van der Waals surface area contributed by atoms with Crippen molar-refractivity contribution in [2.24, 2.45) is 0 Å². The molecule has 0 aliphatic carbocycles. The molecular formula is C12H25N3O2S. The summed E-state index contributed by atoms with van der Waals surface area (Å²) in [6.07, 6.45) is 3.81. The van der Waals surface area contributed by atoms with E-state index in [0.717, 1.165) is 38.8 Å². The van der Waals surface area contributed by atoms with Gasteiger partial charge in [0, 0.05) is 31.7 Å². The van der Waals surface area contributed by atoms with Crippen molar-refractivity contribution in [1.82, 2.24) is 13.9 Å². The van der Waals surface area contributed by atoms with E-state index in [1.54, 1.807) is 8.61 Å². The van der Waals surface area contributed by atoms with Crippen LogP contribution in [0.25, 0.3) is 0 Å². The SMILES string of the molecule is CCC1CCC(C)N1S(=O)(=O)N1CCCNCC1. The van der Waals surface area contributed by atoms with Gasteiger partial charge in [-0.25, -0.2) is 0 Å². The van der Waals surface area contributed by atoms with Crippen LogP contribution in [-0.4, -0.2) is 55.3 Å². The van der Waals surface area contributed by atoms with Gasteiger partial charge in [0.25, 0.3) is 10.2 Å². The van der Waals surface area contributed by atoms with Gasteiger partial charge in [-0.3, -0.25) is 0 Å². The molecule has 0 amide bonds. The zero-order valence-corrected chi connectivity index (χ0v) is 12.2. The van der Waals surface area contributed by atoms with E-state index in [-0.39, 0.29) is 12.1 Å². The van der Waals surface area contributed by atoms with E-state index in [2.05, 4.69) is 12.2 Å². The van der Waals surface area contributed by atoms with Crippen LogP contribution in [0.3, 0.4) is 0 Å². The van der Waals surface area contributed by atoms with Crippen molar-refractivity contribution in [3.8, 4) is 0 Å². The second kappa shape index (κ2) is 5.86. The molecule has 0 spiro atoms. The van der Waals surface area contributed by atoms with Gasteiger partial charge in [-0.2, -0.15) is 17.0 Å². The van der Waals surface area contributed by atoms with E-state index in [9.17, 15) is 8.42 Å². The van der Waals surface area contributed by atoms with Gasteiger partial charge in [-0.1, -0.05) is 6.92 Å². The summed E-state index contributed by atoms with van der Waals surface area (Å²) < 4.78 is 28.9. The molecule has 0 aromatic rings. The summed E-state index contributed by atoms with van der Waals surface area (Å²) >= 11 is 0. The Labute approximate surface area is 111 Å². The average Bonchev–Trinajstić information content (AvgIpc) is 2.56. The van der Waals surface area contributed by atoms with Crippen LogP contribution in [0.1, 0.15) is 39.5 Å². The Kier molecular flexibility index (Phi) is 4.64. The van der Waals surface area contributed by atoms with E-state index in [4.69, 9.17) is 0 Å². The molecule has 1 N–H and O–H groups in total. The number of nitrogens with one attached hydrogen (secondary N) is 1. The summed E-state index contributed by atoms with van der Waals surface area (Å²) in [6.45, 7) is 7.03. The van der Waals surface area contributed by atoms with Gasteiger partial charge in [0.1, 0.15) is 0 Å². The van der Waals surface area contributed by atoms with Crippen LogP contribution in [0.4, 0.5) is 0 Å². The Morgan fingerprint density at radius 1 is 1.22 bits per heavy atom. The van der Waals surface area contributed by atoms with Crippen molar-refractivity contribution in [2.45, 2.75) is 51.6 Å². The van der Waals surface area contributed by atoms with Crippen molar-refractivity contribution in [1.29, 1.82) is 0 Å². The fraction of sp³-hybridized carbons (Fsp3) is 1.00. The molecule has 2 heterocycles. The number of rotatable bonds is 3. The fourth-order valence-corrected chi connectivity index (χ4v) is 5.17. The van der Waals surface area contributed by atoms with Gasteiger partial charge in [-0.05, 0) is 39.2 Å². The lowest BCUT2D eigenvalue weighted by Crippen LogP contribution is -2.49. The third kappa shape index (κ3) is 2.71. The summed E-state index contributed by atoms with van der Waals surface area (Å²) in [6, 6.07) is 0.345. The Bertz CT molecular complexity index is 364. The van der Waals surface area contributed by atoms with E-state index in [1.165, 1.54) is 0 Å². The molecule has 2 fully saturated rings. The lowest BCUT2D eigenvalue weighted by molar-refractivity contribution is 0.290. The largest absolute Gasteiger partial charge is 0.315 e. The molecule has 2 aliphatic heterocycles. The molecule has 5 nitrogen and oxygen atoms in total. The maximum Gasteiger partial charge on any atom is 0.282 e. The molecule has 6 heteroatoms. The zero-order chi connectivity index (χ0) is 13.2. The van der Waals surface area contributed by atoms with Gasteiger partial charge in [0.15, 0.2) is 0 Å². The first-order chi connectivity index (χ1) is 8.57. The van der Waals surface area contributed by atoms with Gasteiger partial charge in [-0.15, -0.1) is 0 Å². The van der Waals surface area contributed by atoms with Crippen molar-refractivity contribution in [3.05, 3.63) is 0 Å². The number of hydrogen-bond acceptors (Lipinski definition) is 3. The quantitative estimate of drug-likeness (QED) is 0.828. The first-order valence-electron chi connectivity index (χ1n) is 7.06. The predicted molar refractivity (Wildman–Crippen MR) is 72.6 cm³/mol. The Balaban J connectivity index is 2.17. The molecule has 0 aromatic carbocycles. The van der Waals surface area contributed by atoms with Crippen LogP contribution in [0, 0.1) is 0 Å². The molecule has 0 saturated carbocycles. The standard InChI is InChI=1S/C12H25N3O2S/c1-3-12-6-5-11(2)15(12)18(16,17)14-9-4-7-13-8-10-14/h11-13H,3-10H2,1-2H3. The summed E-state index contributed by atoms with van der Waals surface area (Å²) in [7, 11) is -3.27. The van der Waals surface area contributed by atoms with E-state index >= 15 is 0 Å². The fourth-order valence-electron chi connectivity index (χ4n) is 3.03. The molecule has 0 radical (unpaired) electrons. The molecule has 2 unspecified atom stereocenters. The summed E-state index contributed by atoms with van der Waals surface area (Å²) in [5.74, 6) is 0. The van der Waals surface area contributed by atoms with Crippen LogP contribution in [0.15, 0.2) is 0 Å². The first kappa shape index (κ1) is 14.2. The summed E-state index contributed by atoms with van der Waals surface area (Å²) in [5.41, 5.74) is 0. The Morgan fingerprint density at radius 2 is 2.00 bits per heavy atom. The van der Waals surface area contributed by atoms with Crippen molar-refractivity contribution >= 4 is 10.2 Å². The zero-order valence-electron chi connectivity index (χ0n) is 11.4. The third-order valence-corrected chi connectivity index (χ3v) is 6.28. The minimum absolute atomic E-state index is 0.149. The smallest absolute Gasteiger partial charge is 0.282 e. The lowest BCUT2D eigenvalue weighted by atomic mass is 10.2. The van der Waals surface area contributed by atoms with Gasteiger partial charge < -0.3 is 5.32 Å². The second-order valence-corrected chi connectivity index (χ2v) is 7.16. The highest BCUT2D eigenvalue weighted by Gasteiger charge is 2.41. The summed E-state index contributed by atoms with van der Waals surface area (Å²) in [4.78, 5) is 0. The maximum absolute atomic E-state index is 12.7. The lowest BCUT2D eigenvalue weighted by Gasteiger charge is -2.32. The van der Waals surface area contributed by atoms with E-state index in [0.29, 0.717) is 13.1 Å². The number of hydrogen-bond donors (Lipinski definition) is 1. The normalized spacial score (nSPS) is 32.6. The third-order valence-electron chi connectivity index (χ3n) is 4.07. The van der Waals surface area contributed by atoms with Gasteiger partial charge in [0.05, 0.1) is 0 Å². The minimum atomic E-state index is -3.27. The van der Waals surface area contributed by atoms with E-state index in [1.807, 2.05) is 6.92 Å². The number of nitrogens with zero attached hydrogens (tertiary/aromatic N) is 2. The molecule has 2 rings (SSSR count).